The smallest absolute Gasteiger partial charge is 0.111 e. The first-order chi connectivity index (χ1) is 8.85. The molecule has 90 valence electrons. The minimum Gasteiger partial charge on any atom is -0.342 e. The number of aromatic amines is 1. The number of nitrogens with zero attached hydrogens (tertiary/aromatic N) is 1. The van der Waals surface area contributed by atoms with E-state index >= 15 is 0 Å². The van der Waals surface area contributed by atoms with Gasteiger partial charge in [-0.1, -0.05) is 36.4 Å². The number of benzene rings is 2. The standard InChI is InChI=1S/C15H14N2S/c18-10-12-6-7-13-14(8-12)17-15(16-13)9-11-4-2-1-3-5-11/h1-8,18H,9-10H2,(H,16,17). The van der Waals surface area contributed by atoms with Gasteiger partial charge in [-0.05, 0) is 23.3 Å². The van der Waals surface area contributed by atoms with E-state index in [2.05, 4.69) is 59.0 Å². The molecule has 0 unspecified atom stereocenters. The number of hydrogen-bond donors (Lipinski definition) is 2. The van der Waals surface area contributed by atoms with Crippen LogP contribution >= 0.6 is 12.6 Å². The van der Waals surface area contributed by atoms with Crippen molar-refractivity contribution in [3.05, 3.63) is 65.5 Å². The highest BCUT2D eigenvalue weighted by Gasteiger charge is 2.04. The summed E-state index contributed by atoms with van der Waals surface area (Å²) in [5, 5.41) is 0. The molecule has 0 aliphatic rings. The Kier molecular flexibility index (Phi) is 3.07. The van der Waals surface area contributed by atoms with E-state index < -0.39 is 0 Å². The lowest BCUT2D eigenvalue weighted by Gasteiger charge is -1.96. The van der Waals surface area contributed by atoms with Gasteiger partial charge < -0.3 is 4.98 Å². The van der Waals surface area contributed by atoms with Crippen LogP contribution in [0, 0.1) is 0 Å². The van der Waals surface area contributed by atoms with Crippen LogP contribution in [0.2, 0.25) is 0 Å². The zero-order valence-corrected chi connectivity index (χ0v) is 10.8. The van der Waals surface area contributed by atoms with Crippen LogP contribution in [0.25, 0.3) is 11.0 Å². The maximum Gasteiger partial charge on any atom is 0.111 e. The van der Waals surface area contributed by atoms with Gasteiger partial charge in [0.15, 0.2) is 0 Å². The number of H-pyrrole nitrogens is 1. The largest absolute Gasteiger partial charge is 0.342 e. The zero-order chi connectivity index (χ0) is 12.4. The summed E-state index contributed by atoms with van der Waals surface area (Å²) in [7, 11) is 0. The minimum absolute atomic E-state index is 0.753. The van der Waals surface area contributed by atoms with Crippen molar-refractivity contribution in [1.29, 1.82) is 0 Å². The lowest BCUT2D eigenvalue weighted by molar-refractivity contribution is 1.04. The Morgan fingerprint density at radius 2 is 1.83 bits per heavy atom. The van der Waals surface area contributed by atoms with Gasteiger partial charge in [0.2, 0.25) is 0 Å². The fourth-order valence-electron chi connectivity index (χ4n) is 2.08. The molecule has 1 aromatic heterocycles. The maximum atomic E-state index is 4.60. The van der Waals surface area contributed by atoms with E-state index in [-0.39, 0.29) is 0 Å². The molecule has 0 saturated heterocycles. The Morgan fingerprint density at radius 1 is 1.00 bits per heavy atom. The second-order valence-electron chi connectivity index (χ2n) is 4.36. The van der Waals surface area contributed by atoms with Crippen LogP contribution in [0.5, 0.6) is 0 Å². The summed E-state index contributed by atoms with van der Waals surface area (Å²) in [5.74, 6) is 1.76. The number of rotatable bonds is 3. The van der Waals surface area contributed by atoms with Gasteiger partial charge in [-0.3, -0.25) is 0 Å². The fourth-order valence-corrected chi connectivity index (χ4v) is 2.28. The van der Waals surface area contributed by atoms with Gasteiger partial charge in [0.1, 0.15) is 5.82 Å². The summed E-state index contributed by atoms with van der Waals surface area (Å²) < 4.78 is 0. The monoisotopic (exact) mass is 254 g/mol. The summed E-state index contributed by atoms with van der Waals surface area (Å²) in [6.45, 7) is 0. The number of nitrogens with one attached hydrogen (secondary N) is 1. The van der Waals surface area contributed by atoms with Crippen molar-refractivity contribution in [1.82, 2.24) is 9.97 Å². The summed E-state index contributed by atoms with van der Waals surface area (Å²) in [6, 6.07) is 16.6. The van der Waals surface area contributed by atoms with E-state index in [4.69, 9.17) is 0 Å². The van der Waals surface area contributed by atoms with Crippen molar-refractivity contribution in [2.45, 2.75) is 12.2 Å². The average molecular weight is 254 g/mol. The molecule has 0 atom stereocenters. The molecular weight excluding hydrogens is 240 g/mol. The highest BCUT2D eigenvalue weighted by Crippen LogP contribution is 2.16. The molecule has 0 aliphatic heterocycles. The summed E-state index contributed by atoms with van der Waals surface area (Å²) in [5.41, 5.74) is 4.59. The number of thiol groups is 1. The maximum absolute atomic E-state index is 4.60. The number of aromatic nitrogens is 2. The highest BCUT2D eigenvalue weighted by atomic mass is 32.1. The summed E-state index contributed by atoms with van der Waals surface area (Å²) >= 11 is 4.29. The Hall–Kier alpha value is -1.74. The van der Waals surface area contributed by atoms with E-state index in [0.29, 0.717) is 0 Å². The van der Waals surface area contributed by atoms with Gasteiger partial charge in [0.25, 0.3) is 0 Å². The van der Waals surface area contributed by atoms with Gasteiger partial charge in [-0.15, -0.1) is 0 Å². The normalized spacial score (nSPS) is 10.9. The van der Waals surface area contributed by atoms with Gasteiger partial charge in [0, 0.05) is 12.2 Å². The molecule has 3 aromatic rings. The van der Waals surface area contributed by atoms with Gasteiger partial charge >= 0.3 is 0 Å². The molecule has 2 nitrogen and oxygen atoms in total. The van der Waals surface area contributed by atoms with E-state index in [1.54, 1.807) is 0 Å². The quantitative estimate of drug-likeness (QED) is 0.687. The van der Waals surface area contributed by atoms with E-state index in [9.17, 15) is 0 Å². The molecule has 0 aliphatic carbocycles. The van der Waals surface area contributed by atoms with Crippen LogP contribution in [0.1, 0.15) is 17.0 Å². The lowest BCUT2D eigenvalue weighted by atomic mass is 10.1. The zero-order valence-electron chi connectivity index (χ0n) is 9.93. The first-order valence-corrected chi connectivity index (χ1v) is 6.61. The molecular formula is C15H14N2S. The Balaban J connectivity index is 1.94. The molecule has 0 spiro atoms. The summed E-state index contributed by atoms with van der Waals surface area (Å²) in [4.78, 5) is 7.98. The van der Waals surface area contributed by atoms with Crippen LogP contribution in [-0.2, 0) is 12.2 Å². The van der Waals surface area contributed by atoms with Gasteiger partial charge in [-0.25, -0.2) is 4.98 Å². The molecule has 3 rings (SSSR count). The predicted octanol–water partition coefficient (Wildman–Crippen LogP) is 3.58. The van der Waals surface area contributed by atoms with Crippen molar-refractivity contribution in [2.75, 3.05) is 0 Å². The van der Waals surface area contributed by atoms with Gasteiger partial charge in [0.05, 0.1) is 11.0 Å². The molecule has 1 heterocycles. The molecule has 0 amide bonds. The molecule has 0 saturated carbocycles. The third-order valence-corrected chi connectivity index (χ3v) is 3.36. The van der Waals surface area contributed by atoms with Crippen molar-refractivity contribution < 1.29 is 0 Å². The topological polar surface area (TPSA) is 28.7 Å². The lowest BCUT2D eigenvalue weighted by Crippen LogP contribution is -1.89. The molecule has 1 N–H and O–H groups in total. The Morgan fingerprint density at radius 3 is 2.61 bits per heavy atom. The average Bonchev–Trinajstić information content (AvgIpc) is 2.80. The Labute approximate surface area is 111 Å². The minimum atomic E-state index is 0.753. The third-order valence-electron chi connectivity index (χ3n) is 2.99. The van der Waals surface area contributed by atoms with Crippen LogP contribution in [0.4, 0.5) is 0 Å². The number of fused-ring (bicyclic) bond motifs is 1. The first-order valence-electron chi connectivity index (χ1n) is 5.97. The van der Waals surface area contributed by atoms with Crippen molar-refractivity contribution in [2.24, 2.45) is 0 Å². The fraction of sp³-hybridized carbons (Fsp3) is 0.133. The summed E-state index contributed by atoms with van der Waals surface area (Å²) in [6.07, 6.45) is 0.839. The highest BCUT2D eigenvalue weighted by molar-refractivity contribution is 7.79. The second-order valence-corrected chi connectivity index (χ2v) is 4.67. The number of imidazole rings is 1. The van der Waals surface area contributed by atoms with Crippen LogP contribution in [-0.4, -0.2) is 9.97 Å². The van der Waals surface area contributed by atoms with E-state index in [1.807, 2.05) is 12.1 Å². The van der Waals surface area contributed by atoms with Crippen LogP contribution < -0.4 is 0 Å². The Bertz CT molecular complexity index is 659. The molecule has 0 fully saturated rings. The SMILES string of the molecule is SCc1ccc2nc(Cc3ccccc3)[nH]c2c1. The molecule has 2 aromatic carbocycles. The molecule has 3 heteroatoms. The molecule has 0 radical (unpaired) electrons. The third kappa shape index (κ3) is 2.27. The number of hydrogen-bond acceptors (Lipinski definition) is 2. The van der Waals surface area contributed by atoms with E-state index in [0.717, 1.165) is 29.0 Å². The van der Waals surface area contributed by atoms with Gasteiger partial charge in [-0.2, -0.15) is 12.6 Å². The van der Waals surface area contributed by atoms with Crippen molar-refractivity contribution in [3.63, 3.8) is 0 Å². The predicted molar refractivity (Wildman–Crippen MR) is 78.0 cm³/mol. The van der Waals surface area contributed by atoms with Crippen LogP contribution in [0.3, 0.4) is 0 Å². The van der Waals surface area contributed by atoms with E-state index in [1.165, 1.54) is 11.1 Å². The first kappa shape index (κ1) is 11.4. The molecule has 0 bridgehead atoms. The second kappa shape index (κ2) is 4.86. The van der Waals surface area contributed by atoms with Crippen molar-refractivity contribution >= 4 is 23.7 Å². The molecule has 18 heavy (non-hydrogen) atoms. The van der Waals surface area contributed by atoms with Crippen LogP contribution in [0.15, 0.2) is 48.5 Å². The van der Waals surface area contributed by atoms with Crippen molar-refractivity contribution in [3.8, 4) is 0 Å².